The first-order valence-electron chi connectivity index (χ1n) is 13.7. The Kier molecular flexibility index (Phi) is 8.77. The molecule has 1 spiro atoms. The van der Waals surface area contributed by atoms with Crippen molar-refractivity contribution < 1.29 is 46.8 Å². The van der Waals surface area contributed by atoms with Crippen molar-refractivity contribution >= 4 is 23.5 Å². The number of halogens is 4. The van der Waals surface area contributed by atoms with Crippen molar-refractivity contribution in [3.63, 3.8) is 0 Å². The molecule has 0 radical (unpaired) electrons. The number of hydrogen-bond acceptors (Lipinski definition) is 8. The van der Waals surface area contributed by atoms with Crippen LogP contribution < -0.4 is 14.2 Å². The number of likely N-dealkylation sites (tertiary alicyclic amines) is 2. The summed E-state index contributed by atoms with van der Waals surface area (Å²) in [6.07, 6.45) is -4.52. The molecule has 2 fully saturated rings. The Morgan fingerprint density at radius 2 is 1.93 bits per heavy atom. The van der Waals surface area contributed by atoms with Gasteiger partial charge < -0.3 is 33.9 Å². The van der Waals surface area contributed by atoms with E-state index in [0.717, 1.165) is 43.7 Å². The van der Waals surface area contributed by atoms with Gasteiger partial charge in [0.05, 0.1) is 19.2 Å². The molecular formula is C29H32ClF3N2O7. The van der Waals surface area contributed by atoms with Gasteiger partial charge in [0.25, 0.3) is 5.91 Å². The topological polar surface area (TPSA) is 97.8 Å². The van der Waals surface area contributed by atoms with Crippen LogP contribution in [0.5, 0.6) is 17.2 Å². The second-order valence-electron chi connectivity index (χ2n) is 10.9. The third kappa shape index (κ3) is 6.87. The highest BCUT2D eigenvalue weighted by molar-refractivity contribution is 6.30. The van der Waals surface area contributed by atoms with Crippen LogP contribution in [-0.4, -0.2) is 97.2 Å². The van der Waals surface area contributed by atoms with Crippen molar-refractivity contribution in [3.05, 3.63) is 52.5 Å². The molecule has 2 atom stereocenters. The minimum absolute atomic E-state index is 0.0839. The van der Waals surface area contributed by atoms with Crippen LogP contribution in [0.2, 0.25) is 5.02 Å². The van der Waals surface area contributed by atoms with E-state index < -0.39 is 30.3 Å². The van der Waals surface area contributed by atoms with Crippen molar-refractivity contribution in [2.24, 2.45) is 0 Å². The summed E-state index contributed by atoms with van der Waals surface area (Å²) < 4.78 is 59.6. The number of β-amino-alcohol motifs (C(OH)–C–C–N with tert-alkyl or cyclic N) is 1. The van der Waals surface area contributed by atoms with E-state index in [2.05, 4.69) is 9.64 Å². The van der Waals surface area contributed by atoms with E-state index in [9.17, 15) is 27.9 Å². The van der Waals surface area contributed by atoms with Gasteiger partial charge in [-0.3, -0.25) is 4.79 Å². The number of aliphatic hydroxyl groups is 1. The molecule has 2 aromatic rings. The number of methoxy groups -OCH3 is 1. The number of nitrogens with zero attached hydrogens (tertiary/aromatic N) is 2. The number of aliphatic hydroxyl groups excluding tert-OH is 1. The van der Waals surface area contributed by atoms with Gasteiger partial charge in [-0.15, -0.1) is 0 Å². The number of amides is 1. The van der Waals surface area contributed by atoms with Crippen LogP contribution in [0.4, 0.5) is 13.2 Å². The zero-order chi connectivity index (χ0) is 30.1. The van der Waals surface area contributed by atoms with Gasteiger partial charge in [-0.05, 0) is 35.9 Å². The highest BCUT2D eigenvalue weighted by atomic mass is 35.5. The number of ether oxygens (including phenoxy) is 4. The van der Waals surface area contributed by atoms with Crippen molar-refractivity contribution in [1.82, 2.24) is 9.80 Å². The molecule has 9 nitrogen and oxygen atoms in total. The van der Waals surface area contributed by atoms with Gasteiger partial charge in [0.1, 0.15) is 41.7 Å². The number of piperidine rings is 1. The van der Waals surface area contributed by atoms with Crippen LogP contribution in [-0.2, 0) is 16.0 Å². The zero-order valence-corrected chi connectivity index (χ0v) is 23.7. The largest absolute Gasteiger partial charge is 0.497 e. The Labute approximate surface area is 246 Å². The quantitative estimate of drug-likeness (QED) is 0.449. The van der Waals surface area contributed by atoms with Crippen LogP contribution in [0.1, 0.15) is 35.2 Å². The number of alkyl halides is 3. The average molecular weight is 613 g/mol. The molecule has 0 saturated carbocycles. The predicted molar refractivity (Wildman–Crippen MR) is 145 cm³/mol. The molecule has 1 N–H and O–H groups in total. The summed E-state index contributed by atoms with van der Waals surface area (Å²) in [5.41, 5.74) is 1.00. The van der Waals surface area contributed by atoms with E-state index in [-0.39, 0.29) is 43.0 Å². The highest BCUT2D eigenvalue weighted by Gasteiger charge is 2.44. The molecule has 42 heavy (non-hydrogen) atoms. The fourth-order valence-corrected chi connectivity index (χ4v) is 5.88. The molecule has 2 aromatic carbocycles. The van der Waals surface area contributed by atoms with Gasteiger partial charge in [0, 0.05) is 63.0 Å². The lowest BCUT2D eigenvalue weighted by molar-refractivity contribution is -0.204. The van der Waals surface area contributed by atoms with Gasteiger partial charge in [-0.1, -0.05) is 11.6 Å². The van der Waals surface area contributed by atoms with E-state index in [4.69, 9.17) is 25.8 Å². The summed E-state index contributed by atoms with van der Waals surface area (Å²) in [5.74, 6) is -1.30. The second-order valence-corrected chi connectivity index (χ2v) is 11.3. The fraction of sp³-hybridized carbons (Fsp3) is 0.517. The molecule has 3 aliphatic rings. The third-order valence-electron chi connectivity index (χ3n) is 7.89. The summed E-state index contributed by atoms with van der Waals surface area (Å²) in [6.45, 7) is 1.67. The van der Waals surface area contributed by atoms with E-state index in [0.29, 0.717) is 17.3 Å². The lowest BCUT2D eigenvalue weighted by Gasteiger charge is -2.39. The number of carbonyl (C=O) groups is 2. The van der Waals surface area contributed by atoms with Gasteiger partial charge in [0.15, 0.2) is 0 Å². The van der Waals surface area contributed by atoms with Crippen LogP contribution >= 0.6 is 11.6 Å². The van der Waals surface area contributed by atoms with Crippen molar-refractivity contribution in [2.75, 3.05) is 46.4 Å². The van der Waals surface area contributed by atoms with Gasteiger partial charge in [-0.25, -0.2) is 4.79 Å². The van der Waals surface area contributed by atoms with Gasteiger partial charge >= 0.3 is 12.1 Å². The molecule has 0 unspecified atom stereocenters. The number of hydrogen-bond donors (Lipinski definition) is 1. The standard InChI is InChI=1S/C29H32ClF3N2O7/c1-39-21-3-4-23(26(37)35-9-6-22(16-35)41-27(38)29(31,32)33)25(13-21)40-17-20(36)15-34-10-7-28(8-11-34)14-18-12-19(30)2-5-24(18)42-28/h2-5,12-13,20,22,36H,6-11,14-17H2,1H3/t20-,22-/m0/s1. The summed E-state index contributed by atoms with van der Waals surface area (Å²) in [5, 5.41) is 11.5. The highest BCUT2D eigenvalue weighted by Crippen LogP contribution is 2.42. The second kappa shape index (κ2) is 12.2. The van der Waals surface area contributed by atoms with E-state index >= 15 is 0 Å². The monoisotopic (exact) mass is 612 g/mol. The third-order valence-corrected chi connectivity index (χ3v) is 8.12. The SMILES string of the molecule is COc1ccc(C(=O)N2CC[C@H](OC(=O)C(F)(F)F)C2)c(OC[C@@H](O)CN2CCC3(CC2)Cc2cc(Cl)ccc2O3)c1. The van der Waals surface area contributed by atoms with E-state index in [1.54, 1.807) is 6.07 Å². The van der Waals surface area contributed by atoms with E-state index in [1.807, 2.05) is 18.2 Å². The van der Waals surface area contributed by atoms with Gasteiger partial charge in [-0.2, -0.15) is 13.2 Å². The molecule has 0 bridgehead atoms. The van der Waals surface area contributed by atoms with Crippen molar-refractivity contribution in [3.8, 4) is 17.2 Å². The zero-order valence-electron chi connectivity index (χ0n) is 23.0. The molecule has 5 rings (SSSR count). The molecule has 228 valence electrons. The molecule has 2 saturated heterocycles. The summed E-state index contributed by atoms with van der Waals surface area (Å²) in [4.78, 5) is 27.9. The number of fused-ring (bicyclic) bond motifs is 1. The maximum absolute atomic E-state index is 13.2. The van der Waals surface area contributed by atoms with Crippen LogP contribution in [0.25, 0.3) is 0 Å². The smallest absolute Gasteiger partial charge is 0.490 e. The number of carbonyl (C=O) groups excluding carboxylic acids is 2. The first-order chi connectivity index (χ1) is 19.9. The first-order valence-corrected chi connectivity index (χ1v) is 14.1. The molecular weight excluding hydrogens is 581 g/mol. The van der Waals surface area contributed by atoms with Crippen molar-refractivity contribution in [2.45, 2.75) is 49.7 Å². The molecule has 3 aliphatic heterocycles. The lowest BCUT2D eigenvalue weighted by atomic mass is 9.87. The molecule has 3 heterocycles. The predicted octanol–water partition coefficient (Wildman–Crippen LogP) is 3.88. The Hall–Kier alpha value is -3.22. The normalized spacial score (nSPS) is 20.6. The lowest BCUT2D eigenvalue weighted by Crippen LogP contribution is -2.49. The molecule has 1 amide bonds. The average Bonchev–Trinajstić information content (AvgIpc) is 3.56. The minimum atomic E-state index is -5.10. The number of rotatable bonds is 8. The summed E-state index contributed by atoms with van der Waals surface area (Å²) in [6, 6.07) is 10.2. The van der Waals surface area contributed by atoms with Crippen molar-refractivity contribution in [1.29, 1.82) is 0 Å². The Morgan fingerprint density at radius 1 is 1.17 bits per heavy atom. The first kappa shape index (κ1) is 30.2. The van der Waals surface area contributed by atoms with Gasteiger partial charge in [0.2, 0.25) is 0 Å². The van der Waals surface area contributed by atoms with Crippen LogP contribution in [0.3, 0.4) is 0 Å². The number of benzene rings is 2. The molecule has 0 aromatic heterocycles. The molecule has 0 aliphatic carbocycles. The maximum Gasteiger partial charge on any atom is 0.490 e. The van der Waals surface area contributed by atoms with E-state index in [1.165, 1.54) is 24.1 Å². The fourth-order valence-electron chi connectivity index (χ4n) is 5.68. The summed E-state index contributed by atoms with van der Waals surface area (Å²) >= 11 is 6.14. The summed E-state index contributed by atoms with van der Waals surface area (Å²) in [7, 11) is 1.46. The van der Waals surface area contributed by atoms with Crippen LogP contribution in [0, 0.1) is 0 Å². The Bertz CT molecular complexity index is 1320. The van der Waals surface area contributed by atoms with Crippen LogP contribution in [0.15, 0.2) is 36.4 Å². The number of esters is 1. The maximum atomic E-state index is 13.2. The minimum Gasteiger partial charge on any atom is -0.497 e. The Morgan fingerprint density at radius 3 is 2.64 bits per heavy atom. The molecule has 13 heteroatoms. The Balaban J connectivity index is 1.14.